The highest BCUT2D eigenvalue weighted by atomic mass is 16.5. The Balaban J connectivity index is 1.38. The molecule has 1 fully saturated rings. The van der Waals surface area contributed by atoms with Crippen molar-refractivity contribution in [3.05, 3.63) is 64.7 Å². The molecule has 0 aromatic heterocycles. The number of methoxy groups -OCH3 is 1. The second kappa shape index (κ2) is 9.05. The van der Waals surface area contributed by atoms with E-state index in [0.717, 1.165) is 0 Å². The van der Waals surface area contributed by atoms with Crippen LogP contribution < -0.4 is 10.1 Å². The maximum atomic E-state index is 13.0. The van der Waals surface area contributed by atoms with Gasteiger partial charge in [0, 0.05) is 36.3 Å². The van der Waals surface area contributed by atoms with E-state index in [4.69, 9.17) is 4.74 Å². The Morgan fingerprint density at radius 2 is 1.67 bits per heavy atom. The third-order valence-electron chi connectivity index (χ3n) is 6.13. The summed E-state index contributed by atoms with van der Waals surface area (Å²) in [6.07, 6.45) is 1.26. The van der Waals surface area contributed by atoms with Crippen molar-refractivity contribution in [1.29, 1.82) is 0 Å². The number of rotatable bonds is 5. The van der Waals surface area contributed by atoms with E-state index in [2.05, 4.69) is 5.32 Å². The van der Waals surface area contributed by atoms with Gasteiger partial charge in [0.2, 0.25) is 0 Å². The fraction of sp³-hybridized carbons (Fsp3) is 0.360. The van der Waals surface area contributed by atoms with Crippen LogP contribution in [0.4, 0.5) is 0 Å². The number of nitrogens with one attached hydrogen (secondary N) is 1. The molecule has 172 valence electrons. The Hall–Kier alpha value is -3.68. The number of imide groups is 1. The van der Waals surface area contributed by atoms with Crippen molar-refractivity contribution in [3.63, 3.8) is 0 Å². The molecule has 0 radical (unpaired) electrons. The first-order valence-corrected chi connectivity index (χ1v) is 11.1. The van der Waals surface area contributed by atoms with Crippen molar-refractivity contribution < 1.29 is 23.9 Å². The highest BCUT2D eigenvalue weighted by Gasteiger charge is 2.38. The van der Waals surface area contributed by atoms with Crippen molar-refractivity contribution in [3.8, 4) is 5.75 Å². The van der Waals surface area contributed by atoms with E-state index in [1.54, 1.807) is 62.3 Å². The average molecular weight is 450 g/mol. The summed E-state index contributed by atoms with van der Waals surface area (Å²) in [5, 5.41) is 3.03. The van der Waals surface area contributed by atoms with Crippen LogP contribution in [0.5, 0.6) is 5.75 Å². The third-order valence-corrected chi connectivity index (χ3v) is 6.13. The Bertz CT molecular complexity index is 1120. The first kappa shape index (κ1) is 22.5. The van der Waals surface area contributed by atoms with Gasteiger partial charge in [-0.15, -0.1) is 0 Å². The number of likely N-dealkylation sites (tertiary alicyclic amines) is 1. The second-order valence-corrected chi connectivity index (χ2v) is 8.61. The minimum Gasteiger partial charge on any atom is -0.497 e. The predicted octanol–water partition coefficient (Wildman–Crippen LogP) is 2.73. The van der Waals surface area contributed by atoms with E-state index in [1.165, 1.54) is 11.0 Å². The maximum absolute atomic E-state index is 13.0. The topological polar surface area (TPSA) is 96.0 Å². The van der Waals surface area contributed by atoms with E-state index < -0.39 is 0 Å². The molecule has 2 heterocycles. The molecule has 8 heteroatoms. The molecule has 4 amide bonds. The molecule has 2 aromatic carbocycles. The second-order valence-electron chi connectivity index (χ2n) is 8.61. The molecule has 4 rings (SSSR count). The molecule has 2 aromatic rings. The molecule has 1 saturated heterocycles. The zero-order valence-electron chi connectivity index (χ0n) is 19.0. The summed E-state index contributed by atoms with van der Waals surface area (Å²) < 4.78 is 5.17. The van der Waals surface area contributed by atoms with Crippen LogP contribution in [0.2, 0.25) is 0 Å². The van der Waals surface area contributed by atoms with E-state index >= 15 is 0 Å². The number of carbonyl (C=O) groups is 4. The van der Waals surface area contributed by atoms with Gasteiger partial charge in [-0.25, -0.2) is 0 Å². The van der Waals surface area contributed by atoms with Crippen molar-refractivity contribution in [2.45, 2.75) is 38.8 Å². The van der Waals surface area contributed by atoms with E-state index in [-0.39, 0.29) is 41.3 Å². The summed E-state index contributed by atoms with van der Waals surface area (Å²) in [5.41, 5.74) is 1.53. The maximum Gasteiger partial charge on any atom is 0.261 e. The van der Waals surface area contributed by atoms with Crippen LogP contribution in [0.25, 0.3) is 0 Å². The van der Waals surface area contributed by atoms with Gasteiger partial charge in [-0.05, 0) is 63.1 Å². The first-order valence-electron chi connectivity index (χ1n) is 11.1. The normalized spacial score (nSPS) is 16.2. The number of piperidine rings is 1. The van der Waals surface area contributed by atoms with Crippen molar-refractivity contribution in [1.82, 2.24) is 15.1 Å². The Labute approximate surface area is 192 Å². The molecule has 0 spiro atoms. The van der Waals surface area contributed by atoms with Crippen LogP contribution in [-0.4, -0.2) is 65.7 Å². The van der Waals surface area contributed by atoms with Crippen LogP contribution in [-0.2, 0) is 0 Å². The molecule has 0 atom stereocenters. The minimum atomic E-state index is -0.362. The number of benzene rings is 2. The summed E-state index contributed by atoms with van der Waals surface area (Å²) in [7, 11) is 1.55. The molecule has 0 aliphatic carbocycles. The molecule has 1 N–H and O–H groups in total. The minimum absolute atomic E-state index is 0.0356. The lowest BCUT2D eigenvalue weighted by molar-refractivity contribution is 0.0607. The smallest absolute Gasteiger partial charge is 0.261 e. The van der Waals surface area contributed by atoms with E-state index in [1.807, 2.05) is 0 Å². The lowest BCUT2D eigenvalue weighted by atomic mass is 10.0. The van der Waals surface area contributed by atoms with E-state index in [9.17, 15) is 19.2 Å². The lowest BCUT2D eigenvalue weighted by Gasteiger charge is -2.32. The third kappa shape index (κ3) is 4.33. The number of carbonyl (C=O) groups excluding carboxylic acids is 4. The quantitative estimate of drug-likeness (QED) is 0.708. The standard InChI is InChI=1S/C25H27N3O5/c1-15(2)28-24(31)20-8-7-17(14-21(20)25(28)32)23(30)27-11-9-18(10-12-27)26-22(29)16-5-4-6-19(13-16)33-3/h4-8,13-15,18H,9-12H2,1-3H3,(H,26,29). The molecule has 2 aliphatic heterocycles. The van der Waals surface area contributed by atoms with Crippen LogP contribution in [0, 0.1) is 0 Å². The van der Waals surface area contributed by atoms with Gasteiger partial charge in [0.1, 0.15) is 5.75 Å². The average Bonchev–Trinajstić information content (AvgIpc) is 3.08. The number of hydrogen-bond donors (Lipinski definition) is 1. The molecule has 0 saturated carbocycles. The van der Waals surface area contributed by atoms with Crippen molar-refractivity contribution in [2.75, 3.05) is 20.2 Å². The number of nitrogens with zero attached hydrogens (tertiary/aromatic N) is 2. The highest BCUT2D eigenvalue weighted by molar-refractivity contribution is 6.22. The summed E-state index contributed by atoms with van der Waals surface area (Å²) in [4.78, 5) is 53.6. The molecular formula is C25H27N3O5. The van der Waals surface area contributed by atoms with Crippen LogP contribution in [0.3, 0.4) is 0 Å². The Morgan fingerprint density at radius 1 is 0.970 bits per heavy atom. The SMILES string of the molecule is COc1cccc(C(=O)NC2CCN(C(=O)c3ccc4c(c3)C(=O)N(C(C)C)C4=O)CC2)c1. The Kier molecular flexibility index (Phi) is 6.18. The summed E-state index contributed by atoms with van der Waals surface area (Å²) in [6, 6.07) is 11.4. The van der Waals surface area contributed by atoms with Crippen LogP contribution >= 0.6 is 0 Å². The number of fused-ring (bicyclic) bond motifs is 1. The molecule has 0 unspecified atom stereocenters. The molecule has 0 bridgehead atoms. The lowest BCUT2D eigenvalue weighted by Crippen LogP contribution is -2.46. The van der Waals surface area contributed by atoms with Gasteiger partial charge in [-0.1, -0.05) is 6.07 Å². The summed E-state index contributed by atoms with van der Waals surface area (Å²) in [6.45, 7) is 4.55. The van der Waals surface area contributed by atoms with Gasteiger partial charge in [0.15, 0.2) is 0 Å². The zero-order chi connectivity index (χ0) is 23.7. The fourth-order valence-electron chi connectivity index (χ4n) is 4.30. The Morgan fingerprint density at radius 3 is 2.33 bits per heavy atom. The first-order chi connectivity index (χ1) is 15.8. The largest absolute Gasteiger partial charge is 0.497 e. The number of ether oxygens (including phenoxy) is 1. The fourth-order valence-corrected chi connectivity index (χ4v) is 4.30. The summed E-state index contributed by atoms with van der Waals surface area (Å²) in [5.74, 6) is -0.418. The van der Waals surface area contributed by atoms with Gasteiger partial charge >= 0.3 is 0 Å². The van der Waals surface area contributed by atoms with Crippen LogP contribution in [0.1, 0.15) is 68.1 Å². The highest BCUT2D eigenvalue weighted by Crippen LogP contribution is 2.26. The van der Waals surface area contributed by atoms with Gasteiger partial charge in [0.25, 0.3) is 23.6 Å². The van der Waals surface area contributed by atoms with Crippen molar-refractivity contribution >= 4 is 23.6 Å². The molecule has 8 nitrogen and oxygen atoms in total. The van der Waals surface area contributed by atoms with E-state index in [0.29, 0.717) is 48.4 Å². The van der Waals surface area contributed by atoms with Gasteiger partial charge in [-0.2, -0.15) is 0 Å². The molecule has 33 heavy (non-hydrogen) atoms. The number of hydrogen-bond acceptors (Lipinski definition) is 5. The number of amides is 4. The monoisotopic (exact) mass is 449 g/mol. The molecule has 2 aliphatic rings. The zero-order valence-corrected chi connectivity index (χ0v) is 19.0. The van der Waals surface area contributed by atoms with Gasteiger partial charge in [-0.3, -0.25) is 24.1 Å². The molecular weight excluding hydrogens is 422 g/mol. The van der Waals surface area contributed by atoms with Gasteiger partial charge in [0.05, 0.1) is 18.2 Å². The van der Waals surface area contributed by atoms with Gasteiger partial charge < -0.3 is 15.0 Å². The van der Waals surface area contributed by atoms with Crippen molar-refractivity contribution in [2.24, 2.45) is 0 Å². The summed E-state index contributed by atoms with van der Waals surface area (Å²) >= 11 is 0. The van der Waals surface area contributed by atoms with Crippen LogP contribution in [0.15, 0.2) is 42.5 Å². The predicted molar refractivity (Wildman–Crippen MR) is 121 cm³/mol.